The molecule has 154 valence electrons. The van der Waals surface area contributed by atoms with Gasteiger partial charge in [0.15, 0.2) is 0 Å². The van der Waals surface area contributed by atoms with E-state index in [0.717, 1.165) is 5.56 Å². The van der Waals surface area contributed by atoms with Crippen molar-refractivity contribution >= 4 is 18.0 Å². The molecule has 1 rings (SSSR count). The molecule has 29 heavy (non-hydrogen) atoms. The molecule has 8 nitrogen and oxygen atoms in total. The van der Waals surface area contributed by atoms with Crippen molar-refractivity contribution in [1.29, 1.82) is 0 Å². The van der Waals surface area contributed by atoms with Crippen molar-refractivity contribution in [3.8, 4) is 0 Å². The number of alkyl carbamates (subject to hydrolysis) is 1. The Morgan fingerprint density at radius 3 is 2.45 bits per heavy atom. The molecule has 0 aliphatic rings. The number of aliphatic carboxylic acids is 1. The van der Waals surface area contributed by atoms with Gasteiger partial charge in [-0.2, -0.15) is 0 Å². The molecule has 0 heterocycles. The zero-order chi connectivity index (χ0) is 20.8. The Kier molecular flexibility index (Phi) is 15.6. The Morgan fingerprint density at radius 2 is 1.83 bits per heavy atom. The van der Waals surface area contributed by atoms with E-state index >= 15 is 0 Å². The third-order valence-corrected chi connectivity index (χ3v) is 3.71. The summed E-state index contributed by atoms with van der Waals surface area (Å²) in [5.74, 6) is -1.80. The Labute approximate surface area is 213 Å². The van der Waals surface area contributed by atoms with Gasteiger partial charge in [-0.05, 0) is 38.7 Å². The molecule has 0 fully saturated rings. The van der Waals surface area contributed by atoms with Crippen LogP contribution in [0, 0.1) is 0 Å². The number of benzene rings is 1. The van der Waals surface area contributed by atoms with E-state index in [9.17, 15) is 19.5 Å². The first-order valence-electron chi connectivity index (χ1n) is 9.19. The van der Waals surface area contributed by atoms with Gasteiger partial charge in [-0.15, -0.1) is 0 Å². The van der Waals surface area contributed by atoms with Crippen molar-refractivity contribution < 1.29 is 80.3 Å². The van der Waals surface area contributed by atoms with Gasteiger partial charge in [0.05, 0.1) is 18.6 Å². The number of allylic oxidation sites excluding steroid dienone is 1. The topological polar surface area (TPSA) is 117 Å². The number of nitrogens with one attached hydrogen (secondary N) is 2. The zero-order valence-corrected chi connectivity index (χ0v) is 20.4. The number of ether oxygens (including phenoxy) is 2. The minimum absolute atomic E-state index is 0. The molecule has 1 aromatic rings. The molecule has 0 aromatic heterocycles. The Hall–Kier alpha value is -1.39. The van der Waals surface area contributed by atoms with Gasteiger partial charge < -0.3 is 30.0 Å². The third-order valence-electron chi connectivity index (χ3n) is 3.71. The van der Waals surface area contributed by atoms with Crippen LogP contribution in [0.15, 0.2) is 42.1 Å². The smallest absolute Gasteiger partial charge is 0.548 e. The summed E-state index contributed by atoms with van der Waals surface area (Å²) in [6.07, 6.45) is 2.08. The number of hydrogen-bond acceptors (Lipinski definition) is 7. The molecule has 0 aliphatic carbocycles. The summed E-state index contributed by atoms with van der Waals surface area (Å²) in [4.78, 5) is 34.2. The first kappa shape index (κ1) is 27.6. The number of hydrogen-bond donors (Lipinski definition) is 2. The molecule has 0 saturated heterocycles. The molecule has 1 atom stereocenters. The van der Waals surface area contributed by atoms with Crippen LogP contribution in [0.1, 0.15) is 38.7 Å². The van der Waals surface area contributed by atoms with E-state index < -0.39 is 24.1 Å². The number of esters is 1. The summed E-state index contributed by atoms with van der Waals surface area (Å²) >= 11 is 0. The molecular weight excluding hydrogens is 403 g/mol. The quantitative estimate of drug-likeness (QED) is 0.175. The zero-order valence-electron chi connectivity index (χ0n) is 17.2. The maximum atomic E-state index is 11.6. The third kappa shape index (κ3) is 13.5. The fourth-order valence-electron chi connectivity index (χ4n) is 2.36. The van der Waals surface area contributed by atoms with Crippen molar-refractivity contribution in [3.63, 3.8) is 0 Å². The standard InChI is InChI=1S/C20H28N2O6.K/c1-3-27-18(23)13-15(2)22-17(19(24)25)11-7-8-12-21-20(26)28-14-16-9-5-4-6-10-16;/h4-6,9-10,13,17,22H,3,7-8,11-12,14H2,1-2H3,(H,21,26)(H,24,25);/q;+1/p-1/b15-13-;/t17-;/m0./s1. The van der Waals surface area contributed by atoms with Crippen LogP contribution >= 0.6 is 0 Å². The molecule has 0 radical (unpaired) electrons. The number of carboxylic acids is 1. The predicted octanol–water partition coefficient (Wildman–Crippen LogP) is -1.74. The van der Waals surface area contributed by atoms with E-state index in [0.29, 0.717) is 25.1 Å². The molecular formula is C20H27KN2O6. The van der Waals surface area contributed by atoms with Crippen LogP contribution in [0.4, 0.5) is 4.79 Å². The van der Waals surface area contributed by atoms with Crippen LogP contribution < -0.4 is 67.1 Å². The number of carbonyl (C=O) groups excluding carboxylic acids is 3. The molecule has 1 aromatic carbocycles. The molecule has 0 aliphatic heterocycles. The van der Waals surface area contributed by atoms with Crippen molar-refractivity contribution in [1.82, 2.24) is 10.6 Å². The van der Waals surface area contributed by atoms with Gasteiger partial charge >= 0.3 is 63.4 Å². The van der Waals surface area contributed by atoms with Crippen LogP contribution in [0.25, 0.3) is 0 Å². The summed E-state index contributed by atoms with van der Waals surface area (Å²) < 4.78 is 9.85. The van der Waals surface area contributed by atoms with Crippen LogP contribution in [0.3, 0.4) is 0 Å². The van der Waals surface area contributed by atoms with Crippen LogP contribution in [-0.2, 0) is 25.7 Å². The second kappa shape index (κ2) is 16.4. The van der Waals surface area contributed by atoms with Gasteiger partial charge in [-0.25, -0.2) is 9.59 Å². The molecule has 0 unspecified atom stereocenters. The Bertz CT molecular complexity index is 666. The molecule has 0 bridgehead atoms. The number of carboxylic acid groups (broad SMARTS) is 1. The van der Waals surface area contributed by atoms with E-state index in [4.69, 9.17) is 9.47 Å². The van der Waals surface area contributed by atoms with Gasteiger partial charge in [0, 0.05) is 18.3 Å². The minimum Gasteiger partial charge on any atom is -0.548 e. The summed E-state index contributed by atoms with van der Waals surface area (Å²) in [5, 5.41) is 16.6. The maximum Gasteiger partial charge on any atom is 1.00 e. The summed E-state index contributed by atoms with van der Waals surface area (Å²) in [5.41, 5.74) is 1.28. The van der Waals surface area contributed by atoms with E-state index in [2.05, 4.69) is 10.6 Å². The second-order valence-corrected chi connectivity index (χ2v) is 6.08. The fourth-order valence-corrected chi connectivity index (χ4v) is 2.36. The normalized spacial score (nSPS) is 11.6. The molecule has 0 saturated carbocycles. The number of rotatable bonds is 12. The number of unbranched alkanes of at least 4 members (excludes halogenated alkanes) is 1. The van der Waals surface area contributed by atoms with Gasteiger partial charge in [0.2, 0.25) is 0 Å². The van der Waals surface area contributed by atoms with Crippen molar-refractivity contribution in [3.05, 3.63) is 47.7 Å². The Balaban J connectivity index is 0.00000784. The van der Waals surface area contributed by atoms with E-state index in [1.165, 1.54) is 6.08 Å². The van der Waals surface area contributed by atoms with E-state index in [1.807, 2.05) is 30.3 Å². The largest absolute Gasteiger partial charge is 1.00 e. The number of amides is 1. The van der Waals surface area contributed by atoms with Gasteiger partial charge in [-0.3, -0.25) is 0 Å². The molecule has 1 amide bonds. The average Bonchev–Trinajstić information content (AvgIpc) is 2.66. The predicted molar refractivity (Wildman–Crippen MR) is 101 cm³/mol. The monoisotopic (exact) mass is 430 g/mol. The van der Waals surface area contributed by atoms with Gasteiger partial charge in [0.1, 0.15) is 6.61 Å². The maximum absolute atomic E-state index is 11.6. The fraction of sp³-hybridized carbons (Fsp3) is 0.450. The minimum atomic E-state index is -1.26. The number of carbonyl (C=O) groups is 3. The SMILES string of the molecule is CCOC(=O)/C=C(/C)N[C@@H](CCCCNC(=O)OCc1ccccc1)C(=O)[O-].[K+]. The second-order valence-electron chi connectivity index (χ2n) is 6.08. The first-order valence-corrected chi connectivity index (χ1v) is 9.19. The van der Waals surface area contributed by atoms with Crippen LogP contribution in [0.2, 0.25) is 0 Å². The van der Waals surface area contributed by atoms with E-state index in [-0.39, 0.29) is 71.0 Å². The van der Waals surface area contributed by atoms with Crippen molar-refractivity contribution in [2.45, 2.75) is 45.8 Å². The van der Waals surface area contributed by atoms with Gasteiger partial charge in [0.25, 0.3) is 0 Å². The molecule has 9 heteroatoms. The molecule has 0 spiro atoms. The first-order chi connectivity index (χ1) is 13.4. The van der Waals surface area contributed by atoms with E-state index in [1.54, 1.807) is 13.8 Å². The summed E-state index contributed by atoms with van der Waals surface area (Å²) in [7, 11) is 0. The van der Waals surface area contributed by atoms with Crippen LogP contribution in [0.5, 0.6) is 0 Å². The van der Waals surface area contributed by atoms with Crippen molar-refractivity contribution in [2.24, 2.45) is 0 Å². The Morgan fingerprint density at radius 1 is 1.14 bits per heavy atom. The van der Waals surface area contributed by atoms with Crippen LogP contribution in [-0.4, -0.2) is 37.2 Å². The van der Waals surface area contributed by atoms with Crippen molar-refractivity contribution in [2.75, 3.05) is 13.2 Å². The van der Waals surface area contributed by atoms with Gasteiger partial charge in [-0.1, -0.05) is 30.3 Å². The summed E-state index contributed by atoms with van der Waals surface area (Å²) in [6, 6.07) is 8.39. The average molecular weight is 431 g/mol. The summed E-state index contributed by atoms with van der Waals surface area (Å²) in [6.45, 7) is 4.06. The molecule has 2 N–H and O–H groups in total.